The number of hydrogen-bond donors (Lipinski definition) is 2. The average Bonchev–Trinajstić information content (AvgIpc) is 2.47. The van der Waals surface area contributed by atoms with Crippen molar-refractivity contribution in [1.29, 1.82) is 0 Å². The summed E-state index contributed by atoms with van der Waals surface area (Å²) in [4.78, 5) is 23.5. The molecule has 2 N–H and O–H groups in total. The van der Waals surface area contributed by atoms with Crippen molar-refractivity contribution in [2.45, 2.75) is 6.04 Å². The van der Waals surface area contributed by atoms with Crippen molar-refractivity contribution in [3.8, 4) is 0 Å². The molecule has 0 saturated heterocycles. The lowest BCUT2D eigenvalue weighted by Crippen LogP contribution is -2.34. The number of halogens is 2. The molecular weight excluding hydrogens is 341 g/mol. The highest BCUT2D eigenvalue weighted by Crippen LogP contribution is 2.20. The minimum atomic E-state index is -1.20. The average molecular weight is 352 g/mol. The molecule has 0 aliphatic rings. The van der Waals surface area contributed by atoms with E-state index in [1.54, 1.807) is 30.3 Å². The van der Waals surface area contributed by atoms with Crippen LogP contribution >= 0.6 is 15.9 Å². The molecular formula is C15H11BrFNO3. The summed E-state index contributed by atoms with van der Waals surface area (Å²) in [7, 11) is 0. The summed E-state index contributed by atoms with van der Waals surface area (Å²) in [5.41, 5.74) is 0.475. The van der Waals surface area contributed by atoms with Crippen LogP contribution in [0.4, 0.5) is 4.39 Å². The van der Waals surface area contributed by atoms with E-state index >= 15 is 0 Å². The lowest BCUT2D eigenvalue weighted by Gasteiger charge is -2.15. The van der Waals surface area contributed by atoms with Crippen molar-refractivity contribution >= 4 is 27.8 Å². The van der Waals surface area contributed by atoms with E-state index in [-0.39, 0.29) is 5.56 Å². The number of carboxylic acid groups (broad SMARTS) is 1. The SMILES string of the molecule is O=C(NC(C(=O)O)c1ccccc1)c1cc(F)ccc1Br. The standard InChI is InChI=1S/C15H11BrFNO3/c16-12-7-6-10(17)8-11(12)14(19)18-13(15(20)21)9-4-2-1-3-5-9/h1-8,13H,(H,18,19)(H,20,21). The Morgan fingerprint density at radius 3 is 2.43 bits per heavy atom. The first-order chi connectivity index (χ1) is 9.99. The first kappa shape index (κ1) is 15.2. The number of aliphatic carboxylic acids is 1. The van der Waals surface area contributed by atoms with Gasteiger partial charge in [-0.2, -0.15) is 0 Å². The largest absolute Gasteiger partial charge is 0.479 e. The van der Waals surface area contributed by atoms with Crippen molar-refractivity contribution in [1.82, 2.24) is 5.32 Å². The normalized spacial score (nSPS) is 11.7. The summed E-state index contributed by atoms with van der Waals surface area (Å²) in [5, 5.41) is 11.6. The highest BCUT2D eigenvalue weighted by molar-refractivity contribution is 9.10. The number of rotatable bonds is 4. The third-order valence-electron chi connectivity index (χ3n) is 2.83. The van der Waals surface area contributed by atoms with Gasteiger partial charge in [-0.15, -0.1) is 0 Å². The van der Waals surface area contributed by atoms with E-state index in [9.17, 15) is 19.1 Å². The van der Waals surface area contributed by atoms with Crippen LogP contribution in [0, 0.1) is 5.82 Å². The molecule has 0 radical (unpaired) electrons. The zero-order valence-corrected chi connectivity index (χ0v) is 12.3. The van der Waals surface area contributed by atoms with E-state index in [1.165, 1.54) is 12.1 Å². The number of nitrogens with one attached hydrogen (secondary N) is 1. The van der Waals surface area contributed by atoms with Gasteiger partial charge in [0.15, 0.2) is 6.04 Å². The van der Waals surface area contributed by atoms with Gasteiger partial charge in [0.25, 0.3) is 5.91 Å². The number of hydrogen-bond acceptors (Lipinski definition) is 2. The fourth-order valence-electron chi connectivity index (χ4n) is 1.81. The molecule has 6 heteroatoms. The molecule has 0 heterocycles. The summed E-state index contributed by atoms with van der Waals surface area (Å²) in [6.07, 6.45) is 0. The predicted molar refractivity (Wildman–Crippen MR) is 78.4 cm³/mol. The van der Waals surface area contributed by atoms with Crippen LogP contribution in [0.3, 0.4) is 0 Å². The number of carbonyl (C=O) groups is 2. The van der Waals surface area contributed by atoms with Crippen LogP contribution in [0.2, 0.25) is 0 Å². The molecule has 4 nitrogen and oxygen atoms in total. The maximum absolute atomic E-state index is 13.2. The van der Waals surface area contributed by atoms with Crippen LogP contribution in [0.25, 0.3) is 0 Å². The fraction of sp³-hybridized carbons (Fsp3) is 0.0667. The van der Waals surface area contributed by atoms with Gasteiger partial charge in [-0.25, -0.2) is 9.18 Å². The molecule has 2 rings (SSSR count). The summed E-state index contributed by atoms with van der Waals surface area (Å²) in [6.45, 7) is 0. The Morgan fingerprint density at radius 2 is 1.81 bits per heavy atom. The van der Waals surface area contributed by atoms with Crippen molar-refractivity contribution < 1.29 is 19.1 Å². The number of carboxylic acids is 1. The number of carbonyl (C=O) groups excluding carboxylic acids is 1. The van der Waals surface area contributed by atoms with E-state index in [2.05, 4.69) is 21.2 Å². The Hall–Kier alpha value is -2.21. The molecule has 1 unspecified atom stereocenters. The second-order valence-corrected chi connectivity index (χ2v) is 5.13. The highest BCUT2D eigenvalue weighted by Gasteiger charge is 2.23. The monoisotopic (exact) mass is 351 g/mol. The second kappa shape index (κ2) is 6.49. The summed E-state index contributed by atoms with van der Waals surface area (Å²) >= 11 is 3.14. The first-order valence-electron chi connectivity index (χ1n) is 6.02. The van der Waals surface area contributed by atoms with E-state index in [1.807, 2.05) is 0 Å². The van der Waals surface area contributed by atoms with E-state index < -0.39 is 23.7 Å². The molecule has 0 bridgehead atoms. The van der Waals surface area contributed by atoms with Crippen LogP contribution < -0.4 is 5.32 Å². The molecule has 1 atom stereocenters. The molecule has 0 aliphatic heterocycles. The van der Waals surface area contributed by atoms with Crippen molar-refractivity contribution in [3.63, 3.8) is 0 Å². The molecule has 0 saturated carbocycles. The quantitative estimate of drug-likeness (QED) is 0.889. The van der Waals surface area contributed by atoms with E-state index in [0.717, 1.165) is 6.07 Å². The Labute approximate surface area is 128 Å². The topological polar surface area (TPSA) is 66.4 Å². The van der Waals surface area contributed by atoms with Crippen molar-refractivity contribution in [3.05, 3.63) is 69.9 Å². The number of benzene rings is 2. The summed E-state index contributed by atoms with van der Waals surface area (Å²) < 4.78 is 13.6. The van der Waals surface area contributed by atoms with Gasteiger partial charge in [0.1, 0.15) is 5.82 Å². The van der Waals surface area contributed by atoms with Gasteiger partial charge >= 0.3 is 5.97 Å². The zero-order chi connectivity index (χ0) is 15.4. The molecule has 0 aliphatic carbocycles. The third-order valence-corrected chi connectivity index (χ3v) is 3.52. The van der Waals surface area contributed by atoms with Crippen LogP contribution in [0.15, 0.2) is 53.0 Å². The summed E-state index contributed by atoms with van der Waals surface area (Å²) in [5.74, 6) is -2.44. The predicted octanol–water partition coefficient (Wildman–Crippen LogP) is 3.14. The van der Waals surface area contributed by atoms with Crippen LogP contribution in [-0.2, 0) is 4.79 Å². The molecule has 108 valence electrons. The van der Waals surface area contributed by atoms with Crippen molar-refractivity contribution in [2.24, 2.45) is 0 Å². The Balaban J connectivity index is 2.27. The highest BCUT2D eigenvalue weighted by atomic mass is 79.9. The maximum Gasteiger partial charge on any atom is 0.330 e. The Morgan fingerprint density at radius 1 is 1.14 bits per heavy atom. The van der Waals surface area contributed by atoms with Gasteiger partial charge in [-0.05, 0) is 39.7 Å². The second-order valence-electron chi connectivity index (χ2n) is 4.28. The van der Waals surface area contributed by atoms with Crippen molar-refractivity contribution in [2.75, 3.05) is 0 Å². The van der Waals surface area contributed by atoms with Crippen LogP contribution in [0.5, 0.6) is 0 Å². The Kier molecular flexibility index (Phi) is 4.70. The molecule has 1 amide bonds. The third kappa shape index (κ3) is 3.66. The van der Waals surface area contributed by atoms with Gasteiger partial charge < -0.3 is 10.4 Å². The lowest BCUT2D eigenvalue weighted by molar-refractivity contribution is -0.139. The Bertz CT molecular complexity index is 676. The number of amides is 1. The first-order valence-corrected chi connectivity index (χ1v) is 6.82. The smallest absolute Gasteiger partial charge is 0.330 e. The van der Waals surface area contributed by atoms with Gasteiger partial charge in [-0.1, -0.05) is 30.3 Å². The summed E-state index contributed by atoms with van der Waals surface area (Å²) in [6, 6.07) is 10.7. The molecule has 0 aromatic heterocycles. The minimum Gasteiger partial charge on any atom is -0.479 e. The zero-order valence-electron chi connectivity index (χ0n) is 10.7. The molecule has 0 spiro atoms. The van der Waals surface area contributed by atoms with E-state index in [4.69, 9.17) is 0 Å². The van der Waals surface area contributed by atoms with Gasteiger partial charge in [-0.3, -0.25) is 4.79 Å². The minimum absolute atomic E-state index is 0.0391. The lowest BCUT2D eigenvalue weighted by atomic mass is 10.1. The van der Waals surface area contributed by atoms with Gasteiger partial charge in [0.2, 0.25) is 0 Å². The van der Waals surface area contributed by atoms with Crippen LogP contribution in [-0.4, -0.2) is 17.0 Å². The molecule has 2 aromatic carbocycles. The van der Waals surface area contributed by atoms with Crippen LogP contribution in [0.1, 0.15) is 22.0 Å². The fourth-order valence-corrected chi connectivity index (χ4v) is 2.24. The maximum atomic E-state index is 13.2. The molecule has 2 aromatic rings. The van der Waals surface area contributed by atoms with Gasteiger partial charge in [0.05, 0.1) is 5.56 Å². The van der Waals surface area contributed by atoms with E-state index in [0.29, 0.717) is 10.0 Å². The van der Waals surface area contributed by atoms with Gasteiger partial charge in [0, 0.05) is 4.47 Å². The molecule has 0 fully saturated rings. The molecule has 21 heavy (non-hydrogen) atoms.